The second-order valence-electron chi connectivity index (χ2n) is 5.67. The van der Waals surface area contributed by atoms with Crippen LogP contribution in [0.1, 0.15) is 16.7 Å². The van der Waals surface area contributed by atoms with Crippen LogP contribution in [0.5, 0.6) is 11.5 Å². The van der Waals surface area contributed by atoms with E-state index in [9.17, 15) is 10.1 Å². The van der Waals surface area contributed by atoms with Gasteiger partial charge in [-0.3, -0.25) is 4.79 Å². The van der Waals surface area contributed by atoms with Crippen molar-refractivity contribution in [3.05, 3.63) is 57.6 Å². The molecule has 0 atom stereocenters. The minimum Gasteiger partial charge on any atom is -0.454 e. The van der Waals surface area contributed by atoms with E-state index >= 15 is 0 Å². The van der Waals surface area contributed by atoms with Crippen molar-refractivity contribution in [2.75, 3.05) is 12.1 Å². The Labute approximate surface area is 150 Å². The lowest BCUT2D eigenvalue weighted by molar-refractivity contribution is -0.112. The molecule has 0 saturated heterocycles. The van der Waals surface area contributed by atoms with Gasteiger partial charge in [0, 0.05) is 11.8 Å². The molecule has 6 heteroatoms. The van der Waals surface area contributed by atoms with Gasteiger partial charge in [0.1, 0.15) is 11.6 Å². The number of aryl methyl sites for hydroxylation is 2. The highest BCUT2D eigenvalue weighted by atomic mass is 35.5. The van der Waals surface area contributed by atoms with Crippen molar-refractivity contribution in [1.29, 1.82) is 5.26 Å². The van der Waals surface area contributed by atoms with Gasteiger partial charge in [0.25, 0.3) is 5.91 Å². The van der Waals surface area contributed by atoms with Crippen molar-refractivity contribution in [2.24, 2.45) is 0 Å². The zero-order valence-electron chi connectivity index (χ0n) is 13.7. The smallest absolute Gasteiger partial charge is 0.266 e. The number of hydrogen-bond acceptors (Lipinski definition) is 4. The first kappa shape index (κ1) is 16.9. The minimum absolute atomic E-state index is 0.0540. The third kappa shape index (κ3) is 3.59. The Bertz CT molecular complexity index is 929. The van der Waals surface area contributed by atoms with Crippen molar-refractivity contribution < 1.29 is 14.3 Å². The Morgan fingerprint density at radius 2 is 1.96 bits per heavy atom. The Hall–Kier alpha value is -2.97. The van der Waals surface area contributed by atoms with Crippen LogP contribution in [0.4, 0.5) is 5.69 Å². The molecule has 0 aliphatic carbocycles. The first-order valence-corrected chi connectivity index (χ1v) is 7.95. The largest absolute Gasteiger partial charge is 0.454 e. The van der Waals surface area contributed by atoms with Gasteiger partial charge in [0.15, 0.2) is 11.5 Å². The fourth-order valence-electron chi connectivity index (χ4n) is 2.41. The predicted octanol–water partition coefficient (Wildman–Crippen LogP) is 4.23. The molecule has 0 spiro atoms. The molecule has 1 N–H and O–H groups in total. The van der Waals surface area contributed by atoms with Crippen LogP contribution < -0.4 is 14.8 Å². The van der Waals surface area contributed by atoms with E-state index in [4.69, 9.17) is 21.1 Å². The molecule has 3 rings (SSSR count). The number of carbonyl (C=O) groups excluding carboxylic acids is 1. The highest BCUT2D eigenvalue weighted by Crippen LogP contribution is 2.37. The predicted molar refractivity (Wildman–Crippen MR) is 95.7 cm³/mol. The second kappa shape index (κ2) is 6.88. The summed E-state index contributed by atoms with van der Waals surface area (Å²) in [6.07, 6.45) is 1.44. The summed E-state index contributed by atoms with van der Waals surface area (Å²) in [4.78, 5) is 12.5. The number of nitriles is 1. The summed E-state index contributed by atoms with van der Waals surface area (Å²) >= 11 is 6.20. The molecule has 0 saturated carbocycles. The van der Waals surface area contributed by atoms with Crippen molar-refractivity contribution in [3.63, 3.8) is 0 Å². The molecule has 2 aromatic carbocycles. The Morgan fingerprint density at radius 3 is 2.68 bits per heavy atom. The maximum Gasteiger partial charge on any atom is 0.266 e. The van der Waals surface area contributed by atoms with Gasteiger partial charge in [-0.25, -0.2) is 0 Å². The number of anilines is 1. The lowest BCUT2D eigenvalue weighted by Gasteiger charge is -2.09. The molecule has 25 heavy (non-hydrogen) atoms. The number of ether oxygens (including phenoxy) is 2. The van der Waals surface area contributed by atoms with E-state index in [1.807, 2.05) is 38.1 Å². The molecular formula is C19H15ClN2O3. The second-order valence-corrected chi connectivity index (χ2v) is 6.08. The van der Waals surface area contributed by atoms with Gasteiger partial charge in [-0.2, -0.15) is 5.26 Å². The fraction of sp³-hybridized carbons (Fsp3) is 0.158. The van der Waals surface area contributed by atoms with Crippen molar-refractivity contribution in [2.45, 2.75) is 13.8 Å². The quantitative estimate of drug-likeness (QED) is 0.661. The highest BCUT2D eigenvalue weighted by molar-refractivity contribution is 6.32. The SMILES string of the molecule is Cc1ccc(C)c(NC(=O)/C(C#N)=C/c2cc3c(cc2Cl)OCO3)c1. The molecule has 1 heterocycles. The lowest BCUT2D eigenvalue weighted by Crippen LogP contribution is -2.14. The van der Waals surface area contributed by atoms with Gasteiger partial charge in [-0.1, -0.05) is 23.7 Å². The van der Waals surface area contributed by atoms with Gasteiger partial charge in [0.2, 0.25) is 6.79 Å². The number of amides is 1. The van der Waals surface area contributed by atoms with Crippen LogP contribution in [0.3, 0.4) is 0 Å². The average molecular weight is 355 g/mol. The number of rotatable bonds is 3. The Kier molecular flexibility index (Phi) is 4.64. The third-order valence-corrected chi connectivity index (χ3v) is 4.13. The van der Waals surface area contributed by atoms with Crippen LogP contribution in [-0.4, -0.2) is 12.7 Å². The molecule has 1 amide bonds. The maximum atomic E-state index is 12.5. The first-order valence-electron chi connectivity index (χ1n) is 7.57. The molecule has 0 fully saturated rings. The molecule has 5 nitrogen and oxygen atoms in total. The molecule has 0 aromatic heterocycles. The van der Waals surface area contributed by atoms with Gasteiger partial charge >= 0.3 is 0 Å². The summed E-state index contributed by atoms with van der Waals surface area (Å²) < 4.78 is 10.5. The number of halogens is 1. The van der Waals surface area contributed by atoms with E-state index in [-0.39, 0.29) is 12.4 Å². The fourth-order valence-corrected chi connectivity index (χ4v) is 2.62. The van der Waals surface area contributed by atoms with Gasteiger partial charge < -0.3 is 14.8 Å². The summed E-state index contributed by atoms with van der Waals surface area (Å²) in [5, 5.41) is 12.5. The maximum absolute atomic E-state index is 12.5. The summed E-state index contributed by atoms with van der Waals surface area (Å²) in [5.41, 5.74) is 3.06. The summed E-state index contributed by atoms with van der Waals surface area (Å²) in [7, 11) is 0. The summed E-state index contributed by atoms with van der Waals surface area (Å²) in [5.74, 6) is 0.577. The third-order valence-electron chi connectivity index (χ3n) is 3.80. The van der Waals surface area contributed by atoms with E-state index in [1.165, 1.54) is 6.08 Å². The summed E-state index contributed by atoms with van der Waals surface area (Å²) in [6.45, 7) is 3.94. The van der Waals surface area contributed by atoms with Crippen molar-refractivity contribution >= 4 is 29.3 Å². The number of hydrogen-bond donors (Lipinski definition) is 1. The standard InChI is InChI=1S/C19H15ClN2O3/c1-11-3-4-12(2)16(5-11)22-19(23)14(9-21)6-13-7-17-18(8-15(13)20)25-10-24-17/h3-8H,10H2,1-2H3,(H,22,23)/b14-6+. The van der Waals surface area contributed by atoms with Crippen LogP contribution in [0.25, 0.3) is 6.08 Å². The first-order chi connectivity index (χ1) is 12.0. The zero-order valence-corrected chi connectivity index (χ0v) is 14.5. The van der Waals surface area contributed by atoms with Gasteiger partial charge in [-0.15, -0.1) is 0 Å². The summed E-state index contributed by atoms with van der Waals surface area (Å²) in [6, 6.07) is 10.9. The van der Waals surface area contributed by atoms with Crippen LogP contribution in [0, 0.1) is 25.2 Å². The highest BCUT2D eigenvalue weighted by Gasteiger charge is 2.17. The van der Waals surface area contributed by atoms with Crippen molar-refractivity contribution in [1.82, 2.24) is 0 Å². The normalized spacial score (nSPS) is 12.6. The molecule has 2 aromatic rings. The number of nitrogens with one attached hydrogen (secondary N) is 1. The molecule has 1 aliphatic rings. The molecule has 0 radical (unpaired) electrons. The number of carbonyl (C=O) groups is 1. The van der Waals surface area contributed by atoms with E-state index < -0.39 is 5.91 Å². The van der Waals surface area contributed by atoms with E-state index in [2.05, 4.69) is 5.32 Å². The van der Waals surface area contributed by atoms with Gasteiger partial charge in [0.05, 0.1) is 5.02 Å². The molecule has 0 unspecified atom stereocenters. The molecular weight excluding hydrogens is 340 g/mol. The Balaban J connectivity index is 1.89. The van der Waals surface area contributed by atoms with Crippen LogP contribution in [-0.2, 0) is 4.79 Å². The topological polar surface area (TPSA) is 71.4 Å². The number of fused-ring (bicyclic) bond motifs is 1. The molecule has 126 valence electrons. The van der Waals surface area contributed by atoms with Crippen molar-refractivity contribution in [3.8, 4) is 17.6 Å². The van der Waals surface area contributed by atoms with Crippen LogP contribution in [0.15, 0.2) is 35.9 Å². The van der Waals surface area contributed by atoms with Crippen LogP contribution >= 0.6 is 11.6 Å². The van der Waals surface area contributed by atoms with E-state index in [1.54, 1.807) is 12.1 Å². The average Bonchev–Trinajstić information content (AvgIpc) is 3.02. The Morgan fingerprint density at radius 1 is 1.24 bits per heavy atom. The van der Waals surface area contributed by atoms with Crippen LogP contribution in [0.2, 0.25) is 5.02 Å². The number of benzene rings is 2. The monoisotopic (exact) mass is 354 g/mol. The van der Waals surface area contributed by atoms with E-state index in [0.717, 1.165) is 11.1 Å². The molecule has 0 bridgehead atoms. The lowest BCUT2D eigenvalue weighted by atomic mass is 10.1. The molecule has 1 aliphatic heterocycles. The zero-order chi connectivity index (χ0) is 18.0. The number of nitrogens with zero attached hydrogens (tertiary/aromatic N) is 1. The van der Waals surface area contributed by atoms with E-state index in [0.29, 0.717) is 27.8 Å². The van der Waals surface area contributed by atoms with Gasteiger partial charge in [-0.05, 0) is 48.7 Å². The minimum atomic E-state index is -0.495.